The van der Waals surface area contributed by atoms with Crippen LogP contribution >= 0.6 is 0 Å². The molecule has 2 aromatic rings. The summed E-state index contributed by atoms with van der Waals surface area (Å²) in [6.07, 6.45) is 3.29. The molecule has 1 fully saturated rings. The van der Waals surface area contributed by atoms with Gasteiger partial charge in [-0.25, -0.2) is 0 Å². The maximum atomic E-state index is 12.9. The maximum Gasteiger partial charge on any atom is 0.254 e. The highest BCUT2D eigenvalue weighted by Gasteiger charge is 2.53. The second-order valence-corrected chi connectivity index (χ2v) is 8.42. The van der Waals surface area contributed by atoms with Gasteiger partial charge in [0.25, 0.3) is 5.91 Å². The van der Waals surface area contributed by atoms with Gasteiger partial charge in [-0.3, -0.25) is 4.79 Å². The summed E-state index contributed by atoms with van der Waals surface area (Å²) in [6.45, 7) is 2.87. The first-order valence-electron chi connectivity index (χ1n) is 11.5. The zero-order chi connectivity index (χ0) is 22.1. The molecule has 3 rings (SSSR count). The Morgan fingerprint density at radius 3 is 2.16 bits per heavy atom. The second-order valence-electron chi connectivity index (χ2n) is 8.42. The van der Waals surface area contributed by atoms with Gasteiger partial charge >= 0.3 is 0 Å². The van der Waals surface area contributed by atoms with Crippen LogP contribution in [0.1, 0.15) is 56.6 Å². The molecule has 0 aromatic heterocycles. The molecule has 1 aliphatic rings. The molecule has 0 spiro atoms. The number of aliphatic hydroxyl groups excluding tert-OH is 2. The van der Waals surface area contributed by atoms with Crippen molar-refractivity contribution in [3.63, 3.8) is 0 Å². The van der Waals surface area contributed by atoms with Crippen LogP contribution in [0.15, 0.2) is 60.7 Å². The van der Waals surface area contributed by atoms with Gasteiger partial charge in [-0.1, -0.05) is 99.7 Å². The van der Waals surface area contributed by atoms with Crippen molar-refractivity contribution in [1.29, 1.82) is 0 Å². The van der Waals surface area contributed by atoms with Gasteiger partial charge in [0, 0.05) is 6.54 Å². The molecule has 2 N–H and O–H groups in total. The lowest BCUT2D eigenvalue weighted by Gasteiger charge is -2.49. The van der Waals surface area contributed by atoms with E-state index in [-0.39, 0.29) is 5.91 Å². The molecule has 0 bridgehead atoms. The number of hydrogen-bond donors (Lipinski definition) is 2. The Morgan fingerprint density at radius 2 is 1.52 bits per heavy atom. The molecule has 0 unspecified atom stereocenters. The van der Waals surface area contributed by atoms with E-state index in [2.05, 4.69) is 6.92 Å². The van der Waals surface area contributed by atoms with E-state index in [0.717, 1.165) is 30.4 Å². The minimum Gasteiger partial charge on any atom is -0.390 e. The van der Waals surface area contributed by atoms with Gasteiger partial charge in [-0.05, 0) is 17.5 Å². The highest BCUT2D eigenvalue weighted by atomic mass is 16.5. The van der Waals surface area contributed by atoms with Gasteiger partial charge < -0.3 is 19.8 Å². The van der Waals surface area contributed by atoms with Crippen molar-refractivity contribution in [2.75, 3.05) is 0 Å². The number of hydrogen-bond acceptors (Lipinski definition) is 4. The van der Waals surface area contributed by atoms with Crippen molar-refractivity contribution >= 4 is 5.91 Å². The molecular formula is C26H35NO4. The zero-order valence-electron chi connectivity index (χ0n) is 18.4. The fourth-order valence-corrected chi connectivity index (χ4v) is 4.15. The number of benzene rings is 2. The molecule has 0 saturated carbocycles. The molecule has 1 heterocycles. The second kappa shape index (κ2) is 12.0. The number of likely N-dealkylation sites (tertiary alicyclic amines) is 1. The average molecular weight is 426 g/mol. The Kier molecular flexibility index (Phi) is 9.07. The number of rotatable bonds is 13. The van der Waals surface area contributed by atoms with Crippen LogP contribution in [-0.4, -0.2) is 45.4 Å². The van der Waals surface area contributed by atoms with E-state index in [4.69, 9.17) is 4.74 Å². The monoisotopic (exact) mass is 425 g/mol. The largest absolute Gasteiger partial charge is 0.390 e. The highest BCUT2D eigenvalue weighted by molar-refractivity contribution is 5.88. The van der Waals surface area contributed by atoms with E-state index >= 15 is 0 Å². The van der Waals surface area contributed by atoms with E-state index in [1.807, 2.05) is 60.7 Å². The Balaban J connectivity index is 1.63. The van der Waals surface area contributed by atoms with Crippen LogP contribution in [0.2, 0.25) is 0 Å². The Hall–Kier alpha value is -2.21. The third-order valence-electron chi connectivity index (χ3n) is 6.01. The number of β-lactam (4-membered cyclic amide) rings is 1. The van der Waals surface area contributed by atoms with Crippen molar-refractivity contribution in [3.8, 4) is 0 Å². The van der Waals surface area contributed by atoms with Crippen molar-refractivity contribution in [1.82, 2.24) is 4.90 Å². The number of amides is 1. The number of aliphatic hydroxyl groups is 2. The summed E-state index contributed by atoms with van der Waals surface area (Å²) < 4.78 is 5.92. The molecule has 168 valence electrons. The number of carbonyl (C=O) groups is 1. The minimum atomic E-state index is -1.03. The quantitative estimate of drug-likeness (QED) is 0.375. The Bertz CT molecular complexity index is 783. The van der Waals surface area contributed by atoms with Gasteiger partial charge in [0.1, 0.15) is 6.10 Å². The molecule has 5 heteroatoms. The van der Waals surface area contributed by atoms with E-state index < -0.39 is 24.4 Å². The van der Waals surface area contributed by atoms with Crippen LogP contribution in [0.25, 0.3) is 0 Å². The van der Waals surface area contributed by atoms with Gasteiger partial charge in [0.2, 0.25) is 0 Å². The van der Waals surface area contributed by atoms with Crippen LogP contribution in [0.5, 0.6) is 0 Å². The van der Waals surface area contributed by atoms with E-state index in [9.17, 15) is 15.0 Å². The first-order valence-corrected chi connectivity index (χ1v) is 11.5. The fraction of sp³-hybridized carbons (Fsp3) is 0.500. The summed E-state index contributed by atoms with van der Waals surface area (Å²) in [7, 11) is 0. The smallest absolute Gasteiger partial charge is 0.254 e. The van der Waals surface area contributed by atoms with Crippen LogP contribution in [0, 0.1) is 0 Å². The van der Waals surface area contributed by atoms with Crippen molar-refractivity contribution in [2.45, 2.75) is 83.0 Å². The van der Waals surface area contributed by atoms with E-state index in [1.54, 1.807) is 4.90 Å². The lowest BCUT2D eigenvalue weighted by molar-refractivity contribution is -0.195. The number of nitrogens with zero attached hydrogens (tertiary/aromatic N) is 1. The molecule has 1 amide bonds. The first-order chi connectivity index (χ1) is 15.1. The van der Waals surface area contributed by atoms with Crippen LogP contribution < -0.4 is 0 Å². The summed E-state index contributed by atoms with van der Waals surface area (Å²) in [5, 5.41) is 21.6. The Morgan fingerprint density at radius 1 is 0.903 bits per heavy atom. The van der Waals surface area contributed by atoms with Crippen molar-refractivity contribution in [3.05, 3.63) is 71.8 Å². The van der Waals surface area contributed by atoms with E-state index in [0.29, 0.717) is 19.6 Å². The van der Waals surface area contributed by atoms with Crippen LogP contribution in [-0.2, 0) is 22.7 Å². The van der Waals surface area contributed by atoms with Gasteiger partial charge in [0.05, 0.1) is 18.8 Å². The molecule has 0 aliphatic carbocycles. The molecular weight excluding hydrogens is 390 g/mol. The summed E-state index contributed by atoms with van der Waals surface area (Å²) in [5.41, 5.74) is 1.96. The molecule has 1 aliphatic heterocycles. The standard InChI is InChI=1S/C26H35NO4/c1-2-3-4-5-12-17-22(28)24(29)23-25(31-19-21-15-10-7-11-16-21)26(30)27(23)18-20-13-8-6-9-14-20/h6-11,13-16,22-25,28-29H,2-5,12,17-19H2,1H3/t22-,23-,24+,25+/m0/s1. The van der Waals surface area contributed by atoms with Crippen molar-refractivity contribution in [2.24, 2.45) is 0 Å². The molecule has 0 radical (unpaired) electrons. The summed E-state index contributed by atoms with van der Waals surface area (Å²) in [4.78, 5) is 14.5. The number of unbranched alkanes of at least 4 members (excludes halogenated alkanes) is 4. The van der Waals surface area contributed by atoms with Crippen LogP contribution in [0.3, 0.4) is 0 Å². The van der Waals surface area contributed by atoms with Gasteiger partial charge in [-0.2, -0.15) is 0 Å². The molecule has 5 nitrogen and oxygen atoms in total. The molecule has 31 heavy (non-hydrogen) atoms. The predicted octanol–water partition coefficient (Wildman–Crippen LogP) is 4.07. The van der Waals surface area contributed by atoms with E-state index in [1.165, 1.54) is 12.8 Å². The summed E-state index contributed by atoms with van der Waals surface area (Å²) in [5.74, 6) is -0.140. The highest BCUT2D eigenvalue weighted by Crippen LogP contribution is 2.31. The topological polar surface area (TPSA) is 70.0 Å². The lowest BCUT2D eigenvalue weighted by Crippen LogP contribution is -2.70. The number of ether oxygens (including phenoxy) is 1. The summed E-state index contributed by atoms with van der Waals surface area (Å²) in [6, 6.07) is 18.8. The van der Waals surface area contributed by atoms with Crippen LogP contribution in [0.4, 0.5) is 0 Å². The maximum absolute atomic E-state index is 12.9. The minimum absolute atomic E-state index is 0.140. The van der Waals surface area contributed by atoms with Gasteiger partial charge in [0.15, 0.2) is 6.10 Å². The molecule has 1 saturated heterocycles. The SMILES string of the molecule is CCCCCCC[C@H](O)[C@@H](O)[C@H]1[C@@H](OCc2ccccc2)C(=O)N1Cc1ccccc1. The van der Waals surface area contributed by atoms with Crippen molar-refractivity contribution < 1.29 is 19.7 Å². The fourth-order valence-electron chi connectivity index (χ4n) is 4.15. The van der Waals surface area contributed by atoms with Gasteiger partial charge in [-0.15, -0.1) is 0 Å². The average Bonchev–Trinajstić information content (AvgIpc) is 2.81. The lowest BCUT2D eigenvalue weighted by atomic mass is 9.87. The first kappa shape index (κ1) is 23.5. The Labute approximate surface area is 185 Å². The predicted molar refractivity (Wildman–Crippen MR) is 121 cm³/mol. The summed E-state index contributed by atoms with van der Waals surface area (Å²) >= 11 is 0. The molecule has 4 atom stereocenters. The zero-order valence-corrected chi connectivity index (χ0v) is 18.4. The number of carbonyl (C=O) groups excluding carboxylic acids is 1. The molecule has 2 aromatic carbocycles. The third-order valence-corrected chi connectivity index (χ3v) is 6.01. The third kappa shape index (κ3) is 6.39. The normalized spacial score (nSPS) is 20.4.